The predicted octanol–water partition coefficient (Wildman–Crippen LogP) is 0.861. The van der Waals surface area contributed by atoms with Crippen LogP contribution in [0.2, 0.25) is 0 Å². The standard InChI is InChI=1S/C18H28N4O3/c1-13-10-20-14(11-19-13)16(23)22-7-5-18(6-8-22)9-15(21(3)4)17(2,24)12-25-18/h10-11,15,24H,5-9,12H2,1-4H3/t15-,17-/m0/s1. The maximum absolute atomic E-state index is 12.6. The Morgan fingerprint density at radius 3 is 2.56 bits per heavy atom. The highest BCUT2D eigenvalue weighted by atomic mass is 16.5. The van der Waals surface area contributed by atoms with Gasteiger partial charge in [0.2, 0.25) is 0 Å². The van der Waals surface area contributed by atoms with Gasteiger partial charge in [0.15, 0.2) is 0 Å². The summed E-state index contributed by atoms with van der Waals surface area (Å²) in [6, 6.07) is 0.0477. The molecule has 1 N–H and O–H groups in total. The summed E-state index contributed by atoms with van der Waals surface area (Å²) in [7, 11) is 3.99. The zero-order chi connectivity index (χ0) is 18.2. The first-order chi connectivity index (χ1) is 11.7. The second-order valence-corrected chi connectivity index (χ2v) is 7.85. The molecule has 0 saturated carbocycles. The van der Waals surface area contributed by atoms with Crippen LogP contribution in [-0.4, -0.2) is 81.8 Å². The van der Waals surface area contributed by atoms with Gasteiger partial charge in [-0.05, 0) is 47.2 Å². The molecule has 2 saturated heterocycles. The molecule has 0 aliphatic carbocycles. The summed E-state index contributed by atoms with van der Waals surface area (Å²) in [4.78, 5) is 24.8. The number of amides is 1. The van der Waals surface area contributed by atoms with Gasteiger partial charge in [0.05, 0.1) is 24.1 Å². The molecule has 1 amide bonds. The fourth-order valence-corrected chi connectivity index (χ4v) is 3.90. The van der Waals surface area contributed by atoms with E-state index < -0.39 is 5.60 Å². The highest BCUT2D eigenvalue weighted by Crippen LogP contribution is 2.39. The fourth-order valence-electron chi connectivity index (χ4n) is 3.90. The minimum atomic E-state index is -0.848. The molecule has 2 atom stereocenters. The summed E-state index contributed by atoms with van der Waals surface area (Å²) in [5, 5.41) is 10.6. The van der Waals surface area contributed by atoms with E-state index in [9.17, 15) is 9.90 Å². The van der Waals surface area contributed by atoms with E-state index in [1.165, 1.54) is 0 Å². The van der Waals surface area contributed by atoms with E-state index in [1.807, 2.05) is 32.8 Å². The van der Waals surface area contributed by atoms with Crippen LogP contribution in [0.3, 0.4) is 0 Å². The molecule has 2 aliphatic rings. The largest absolute Gasteiger partial charge is 0.386 e. The molecular weight excluding hydrogens is 320 g/mol. The molecule has 7 nitrogen and oxygen atoms in total. The molecular formula is C18H28N4O3. The van der Waals surface area contributed by atoms with Crippen LogP contribution in [0.1, 0.15) is 42.4 Å². The average molecular weight is 348 g/mol. The first-order valence-corrected chi connectivity index (χ1v) is 8.83. The third-order valence-electron chi connectivity index (χ3n) is 5.54. The SMILES string of the molecule is Cc1cnc(C(=O)N2CCC3(CC2)C[C@H](N(C)C)[C@@](C)(O)CO3)cn1. The van der Waals surface area contributed by atoms with E-state index in [1.54, 1.807) is 12.4 Å². The van der Waals surface area contributed by atoms with E-state index in [-0.39, 0.29) is 17.6 Å². The van der Waals surface area contributed by atoms with Gasteiger partial charge in [-0.15, -0.1) is 0 Å². The van der Waals surface area contributed by atoms with Crippen LogP contribution < -0.4 is 0 Å². The van der Waals surface area contributed by atoms with E-state index in [2.05, 4.69) is 14.9 Å². The van der Waals surface area contributed by atoms with Crippen molar-refractivity contribution in [3.05, 3.63) is 23.8 Å². The monoisotopic (exact) mass is 348 g/mol. The van der Waals surface area contributed by atoms with Crippen LogP contribution >= 0.6 is 0 Å². The van der Waals surface area contributed by atoms with Crippen LogP contribution in [0, 0.1) is 6.92 Å². The predicted molar refractivity (Wildman–Crippen MR) is 93.3 cm³/mol. The fraction of sp³-hybridized carbons (Fsp3) is 0.722. The number of carbonyl (C=O) groups excluding carboxylic acids is 1. The lowest BCUT2D eigenvalue weighted by Crippen LogP contribution is -2.63. The molecule has 138 valence electrons. The Balaban J connectivity index is 1.65. The average Bonchev–Trinajstić information content (AvgIpc) is 2.58. The van der Waals surface area contributed by atoms with E-state index in [0.29, 0.717) is 25.4 Å². The van der Waals surface area contributed by atoms with Crippen molar-refractivity contribution in [2.75, 3.05) is 33.8 Å². The molecule has 2 aliphatic heterocycles. The van der Waals surface area contributed by atoms with Gasteiger partial charge in [0, 0.05) is 25.3 Å². The van der Waals surface area contributed by atoms with Crippen molar-refractivity contribution in [2.24, 2.45) is 0 Å². The van der Waals surface area contributed by atoms with Crippen molar-refractivity contribution in [3.8, 4) is 0 Å². The number of likely N-dealkylation sites (tertiary alicyclic amines) is 1. The molecule has 2 fully saturated rings. The van der Waals surface area contributed by atoms with Crippen molar-refractivity contribution >= 4 is 5.91 Å². The van der Waals surface area contributed by atoms with E-state index in [0.717, 1.165) is 25.0 Å². The third-order valence-corrected chi connectivity index (χ3v) is 5.54. The second-order valence-electron chi connectivity index (χ2n) is 7.85. The van der Waals surface area contributed by atoms with Gasteiger partial charge in [0.1, 0.15) is 11.3 Å². The summed E-state index contributed by atoms with van der Waals surface area (Å²) in [5.41, 5.74) is 0.0817. The molecule has 0 bridgehead atoms. The molecule has 0 aromatic carbocycles. The molecule has 0 radical (unpaired) electrons. The minimum absolute atomic E-state index is 0.0477. The van der Waals surface area contributed by atoms with Crippen molar-refractivity contribution in [2.45, 2.75) is 50.4 Å². The number of aryl methyl sites for hydroxylation is 1. The summed E-state index contributed by atoms with van der Waals surface area (Å²) in [6.45, 7) is 5.28. The zero-order valence-electron chi connectivity index (χ0n) is 15.5. The first kappa shape index (κ1) is 18.2. The molecule has 3 rings (SSSR count). The number of aromatic nitrogens is 2. The second kappa shape index (κ2) is 6.63. The smallest absolute Gasteiger partial charge is 0.274 e. The van der Waals surface area contributed by atoms with Gasteiger partial charge >= 0.3 is 0 Å². The molecule has 1 aromatic heterocycles. The van der Waals surface area contributed by atoms with Crippen molar-refractivity contribution in [1.82, 2.24) is 19.8 Å². The van der Waals surface area contributed by atoms with Gasteiger partial charge in [-0.25, -0.2) is 4.98 Å². The zero-order valence-corrected chi connectivity index (χ0v) is 15.5. The lowest BCUT2D eigenvalue weighted by molar-refractivity contribution is -0.205. The first-order valence-electron chi connectivity index (χ1n) is 8.83. The van der Waals surface area contributed by atoms with Crippen molar-refractivity contribution in [3.63, 3.8) is 0 Å². The molecule has 7 heteroatoms. The lowest BCUT2D eigenvalue weighted by atomic mass is 9.77. The van der Waals surface area contributed by atoms with E-state index >= 15 is 0 Å². The Kier molecular flexibility index (Phi) is 4.83. The highest BCUT2D eigenvalue weighted by Gasteiger charge is 2.49. The number of ether oxygens (including phenoxy) is 1. The summed E-state index contributed by atoms with van der Waals surface area (Å²) >= 11 is 0. The number of hydrogen-bond acceptors (Lipinski definition) is 6. The molecule has 1 spiro atoms. The Morgan fingerprint density at radius 1 is 1.32 bits per heavy atom. The van der Waals surface area contributed by atoms with Gasteiger partial charge in [0.25, 0.3) is 5.91 Å². The Hall–Kier alpha value is -1.57. The normalized spacial score (nSPS) is 29.2. The van der Waals surface area contributed by atoms with Crippen LogP contribution in [0.4, 0.5) is 0 Å². The maximum atomic E-state index is 12.6. The Bertz CT molecular complexity index is 622. The Morgan fingerprint density at radius 2 is 2.00 bits per heavy atom. The minimum Gasteiger partial charge on any atom is -0.386 e. The molecule has 1 aromatic rings. The maximum Gasteiger partial charge on any atom is 0.274 e. The van der Waals surface area contributed by atoms with Crippen molar-refractivity contribution < 1.29 is 14.6 Å². The third kappa shape index (κ3) is 3.68. The number of hydrogen-bond donors (Lipinski definition) is 1. The van der Waals surface area contributed by atoms with Crippen LogP contribution in [0.15, 0.2) is 12.4 Å². The summed E-state index contributed by atoms with van der Waals surface area (Å²) in [5.74, 6) is -0.0747. The molecule has 3 heterocycles. The quantitative estimate of drug-likeness (QED) is 0.854. The van der Waals surface area contributed by atoms with E-state index in [4.69, 9.17) is 4.74 Å². The highest BCUT2D eigenvalue weighted by molar-refractivity contribution is 5.92. The Labute approximate surface area is 149 Å². The van der Waals surface area contributed by atoms with Crippen LogP contribution in [-0.2, 0) is 4.74 Å². The number of aliphatic hydroxyl groups is 1. The van der Waals surface area contributed by atoms with Crippen LogP contribution in [0.5, 0.6) is 0 Å². The number of piperidine rings is 1. The van der Waals surface area contributed by atoms with Gasteiger partial charge in [-0.1, -0.05) is 0 Å². The number of nitrogens with zero attached hydrogens (tertiary/aromatic N) is 4. The van der Waals surface area contributed by atoms with Gasteiger partial charge in [-0.2, -0.15) is 0 Å². The number of rotatable bonds is 2. The van der Waals surface area contributed by atoms with Gasteiger partial charge < -0.3 is 19.6 Å². The van der Waals surface area contributed by atoms with Gasteiger partial charge in [-0.3, -0.25) is 9.78 Å². The topological polar surface area (TPSA) is 78.8 Å². The number of likely N-dealkylation sites (N-methyl/N-ethyl adjacent to an activating group) is 1. The van der Waals surface area contributed by atoms with Crippen molar-refractivity contribution in [1.29, 1.82) is 0 Å². The number of carbonyl (C=O) groups is 1. The molecule has 0 unspecified atom stereocenters. The molecule has 25 heavy (non-hydrogen) atoms. The van der Waals surface area contributed by atoms with Crippen LogP contribution in [0.25, 0.3) is 0 Å². The summed E-state index contributed by atoms with van der Waals surface area (Å²) in [6.07, 6.45) is 5.49. The summed E-state index contributed by atoms with van der Waals surface area (Å²) < 4.78 is 6.11. The lowest BCUT2D eigenvalue weighted by Gasteiger charge is -2.52.